The second-order valence-corrected chi connectivity index (χ2v) is 6.57. The molecule has 1 aliphatic heterocycles. The molecule has 118 valence electrons. The van der Waals surface area contributed by atoms with E-state index in [4.69, 9.17) is 9.15 Å². The minimum absolute atomic E-state index is 0.676. The molecule has 0 amide bonds. The van der Waals surface area contributed by atoms with Crippen molar-refractivity contribution in [3.8, 4) is 11.1 Å². The Morgan fingerprint density at radius 3 is 2.56 bits per heavy atom. The number of ether oxygens (including phenoxy) is 1. The minimum Gasteiger partial charge on any atom is -0.478 e. The minimum atomic E-state index is -0.676. The molecule has 1 aliphatic carbocycles. The molecule has 1 atom stereocenters. The van der Waals surface area contributed by atoms with E-state index in [1.807, 2.05) is 18.2 Å². The van der Waals surface area contributed by atoms with Crippen molar-refractivity contribution >= 4 is 21.5 Å². The van der Waals surface area contributed by atoms with Gasteiger partial charge in [0.15, 0.2) is 5.76 Å². The number of benzene rings is 3. The van der Waals surface area contributed by atoms with Gasteiger partial charge in [-0.15, -0.1) is 0 Å². The van der Waals surface area contributed by atoms with Crippen LogP contribution >= 0.6 is 0 Å². The van der Waals surface area contributed by atoms with E-state index in [9.17, 15) is 0 Å². The largest absolute Gasteiger partial charge is 0.478 e. The van der Waals surface area contributed by atoms with Crippen LogP contribution in [0.15, 0.2) is 89.8 Å². The summed E-state index contributed by atoms with van der Waals surface area (Å²) in [5.41, 5.74) is 2.80. The monoisotopic (exact) mass is 322 g/mol. The summed E-state index contributed by atoms with van der Waals surface area (Å²) in [6.45, 7) is 0. The third kappa shape index (κ3) is 1.50. The molecule has 0 radical (unpaired) electrons. The molecule has 2 nitrogen and oxygen atoms in total. The summed E-state index contributed by atoms with van der Waals surface area (Å²) < 4.78 is 12.1. The summed E-state index contributed by atoms with van der Waals surface area (Å²) in [7, 11) is 0. The van der Waals surface area contributed by atoms with Crippen LogP contribution in [0.5, 0.6) is 0 Å². The maximum Gasteiger partial charge on any atom is 0.210 e. The van der Waals surface area contributed by atoms with Gasteiger partial charge in [-0.2, -0.15) is 0 Å². The van der Waals surface area contributed by atoms with E-state index in [1.165, 1.54) is 32.7 Å². The smallest absolute Gasteiger partial charge is 0.210 e. The lowest BCUT2D eigenvalue weighted by atomic mass is 9.87. The van der Waals surface area contributed by atoms with Gasteiger partial charge in [-0.1, -0.05) is 54.6 Å². The first-order valence-electron chi connectivity index (χ1n) is 8.44. The van der Waals surface area contributed by atoms with Crippen molar-refractivity contribution in [1.29, 1.82) is 0 Å². The van der Waals surface area contributed by atoms with Crippen molar-refractivity contribution < 1.29 is 9.15 Å². The first-order chi connectivity index (χ1) is 12.4. The summed E-state index contributed by atoms with van der Waals surface area (Å²) in [5, 5.41) is 4.96. The van der Waals surface area contributed by atoms with Crippen molar-refractivity contribution in [3.63, 3.8) is 0 Å². The quantitative estimate of drug-likeness (QED) is 0.375. The summed E-state index contributed by atoms with van der Waals surface area (Å²) in [5.74, 6) is 0.865. The van der Waals surface area contributed by atoms with E-state index in [-0.39, 0.29) is 0 Å². The van der Waals surface area contributed by atoms with Gasteiger partial charge in [0.05, 0.1) is 12.5 Å². The molecule has 0 saturated carbocycles. The number of hydrogen-bond acceptors (Lipinski definition) is 2. The molecule has 6 rings (SSSR count). The van der Waals surface area contributed by atoms with E-state index in [0.717, 1.165) is 11.3 Å². The second-order valence-electron chi connectivity index (χ2n) is 6.57. The van der Waals surface area contributed by atoms with Crippen LogP contribution in [0.3, 0.4) is 0 Å². The highest BCUT2D eigenvalue weighted by molar-refractivity contribution is 6.11. The van der Waals surface area contributed by atoms with Gasteiger partial charge >= 0.3 is 0 Å². The number of fused-ring (bicyclic) bond motifs is 9. The molecular formula is C23H14O2. The Morgan fingerprint density at radius 1 is 0.720 bits per heavy atom. The predicted octanol–water partition coefficient (Wildman–Crippen LogP) is 5.91. The van der Waals surface area contributed by atoms with Crippen molar-refractivity contribution in [2.45, 2.75) is 5.60 Å². The molecule has 0 saturated heterocycles. The number of furan rings is 1. The highest BCUT2D eigenvalue weighted by Gasteiger charge is 2.47. The van der Waals surface area contributed by atoms with Crippen LogP contribution in [-0.4, -0.2) is 0 Å². The van der Waals surface area contributed by atoms with Crippen LogP contribution in [0.2, 0.25) is 0 Å². The highest BCUT2D eigenvalue weighted by Crippen LogP contribution is 2.54. The molecule has 2 aliphatic rings. The third-order valence-electron chi connectivity index (χ3n) is 5.36. The van der Waals surface area contributed by atoms with Crippen molar-refractivity contribution in [1.82, 2.24) is 0 Å². The zero-order valence-corrected chi connectivity index (χ0v) is 13.4. The fourth-order valence-corrected chi connectivity index (χ4v) is 4.33. The number of allylic oxidation sites excluding steroid dienone is 2. The molecule has 2 heteroatoms. The number of rotatable bonds is 0. The van der Waals surface area contributed by atoms with Crippen LogP contribution in [-0.2, 0) is 10.3 Å². The molecule has 2 heterocycles. The Morgan fingerprint density at radius 2 is 1.64 bits per heavy atom. The van der Waals surface area contributed by atoms with Crippen LogP contribution in [0, 0.1) is 0 Å². The molecule has 1 unspecified atom stereocenters. The second kappa shape index (κ2) is 4.42. The van der Waals surface area contributed by atoms with E-state index in [0.29, 0.717) is 0 Å². The zero-order valence-electron chi connectivity index (χ0n) is 13.4. The van der Waals surface area contributed by atoms with Gasteiger partial charge in [0.2, 0.25) is 5.60 Å². The fraction of sp³-hybridized carbons (Fsp3) is 0.0435. The average molecular weight is 322 g/mol. The maximum absolute atomic E-state index is 6.20. The van der Waals surface area contributed by atoms with E-state index < -0.39 is 5.60 Å². The zero-order chi connectivity index (χ0) is 16.4. The SMILES string of the molecule is C1=COC2(C=C1)c1occc1-c1ccc3c(ccc4ccccc43)c12. The Labute approximate surface area is 144 Å². The Kier molecular flexibility index (Phi) is 2.31. The van der Waals surface area contributed by atoms with Gasteiger partial charge in [-0.25, -0.2) is 0 Å². The van der Waals surface area contributed by atoms with Crippen LogP contribution in [0.25, 0.3) is 32.7 Å². The Bertz CT molecular complexity index is 1230. The number of hydrogen-bond donors (Lipinski definition) is 0. The van der Waals surface area contributed by atoms with Gasteiger partial charge in [0.1, 0.15) is 0 Å². The average Bonchev–Trinajstić information content (AvgIpc) is 3.25. The molecule has 1 spiro atoms. The van der Waals surface area contributed by atoms with Gasteiger partial charge in [-0.05, 0) is 45.3 Å². The maximum atomic E-state index is 6.20. The lowest BCUT2D eigenvalue weighted by Gasteiger charge is -2.28. The first-order valence-corrected chi connectivity index (χ1v) is 8.44. The molecular weight excluding hydrogens is 308 g/mol. The topological polar surface area (TPSA) is 22.4 Å². The molecule has 4 aromatic rings. The molecule has 1 aromatic heterocycles. The summed E-state index contributed by atoms with van der Waals surface area (Å²) in [6.07, 6.45) is 9.53. The van der Waals surface area contributed by atoms with Gasteiger partial charge in [-0.3, -0.25) is 0 Å². The lowest BCUT2D eigenvalue weighted by molar-refractivity contribution is 0.0858. The predicted molar refractivity (Wildman–Crippen MR) is 99.3 cm³/mol. The van der Waals surface area contributed by atoms with E-state index in [2.05, 4.69) is 54.6 Å². The molecule has 0 bridgehead atoms. The third-order valence-corrected chi connectivity index (χ3v) is 5.36. The van der Waals surface area contributed by atoms with E-state index >= 15 is 0 Å². The van der Waals surface area contributed by atoms with Gasteiger partial charge in [0.25, 0.3) is 0 Å². The summed E-state index contributed by atoms with van der Waals surface area (Å²) >= 11 is 0. The van der Waals surface area contributed by atoms with Crippen molar-refractivity contribution in [2.24, 2.45) is 0 Å². The summed E-state index contributed by atoms with van der Waals surface area (Å²) in [6, 6.07) is 19.4. The van der Waals surface area contributed by atoms with Crippen LogP contribution < -0.4 is 0 Å². The molecule has 3 aromatic carbocycles. The Balaban J connectivity index is 1.80. The van der Waals surface area contributed by atoms with Gasteiger partial charge < -0.3 is 9.15 Å². The fourth-order valence-electron chi connectivity index (χ4n) is 4.33. The normalized spacial score (nSPS) is 20.2. The highest BCUT2D eigenvalue weighted by atomic mass is 16.5. The van der Waals surface area contributed by atoms with Crippen LogP contribution in [0.4, 0.5) is 0 Å². The first kappa shape index (κ1) is 13.1. The summed E-state index contributed by atoms with van der Waals surface area (Å²) in [4.78, 5) is 0. The molecule has 0 fully saturated rings. The standard InChI is InChI=1S/C23H14O2/c1-2-6-16-15(5-1)7-8-18-17(16)9-10-19-20-11-14-24-22(20)23(21(18)19)12-3-4-13-25-23/h1-14H. The Hall–Kier alpha value is -3.26. The molecule has 25 heavy (non-hydrogen) atoms. The van der Waals surface area contributed by atoms with Crippen LogP contribution in [0.1, 0.15) is 11.3 Å². The van der Waals surface area contributed by atoms with Gasteiger partial charge in [0, 0.05) is 11.1 Å². The van der Waals surface area contributed by atoms with Crippen molar-refractivity contribution in [3.05, 3.63) is 96.7 Å². The molecule has 0 N–H and O–H groups in total. The van der Waals surface area contributed by atoms with Crippen molar-refractivity contribution in [2.75, 3.05) is 0 Å². The lowest BCUT2D eigenvalue weighted by Crippen LogP contribution is -2.25. The van der Waals surface area contributed by atoms with E-state index in [1.54, 1.807) is 12.5 Å².